The van der Waals surface area contributed by atoms with E-state index in [-0.39, 0.29) is 6.10 Å². The standard InChI is InChI=1S/C30H31N5O4/c1-36-27-16-20(2-4-25(27)35-10-14-38-15-11-35)17-28-33-24-6-9-32-30(24)29(34-28)21-3-5-26(22(18-21)19-31)39-23-7-12-37-13-8-23/h2-5,9,16,18,23H,6-8,10-15,17H2,1H3. The van der Waals surface area contributed by atoms with Gasteiger partial charge in [0.05, 0.1) is 56.2 Å². The van der Waals surface area contributed by atoms with Gasteiger partial charge in [-0.05, 0) is 35.9 Å². The Kier molecular flexibility index (Phi) is 7.39. The molecule has 0 unspecified atom stereocenters. The van der Waals surface area contributed by atoms with Crippen LogP contribution in [0.5, 0.6) is 11.5 Å². The highest BCUT2D eigenvalue weighted by Crippen LogP contribution is 2.37. The molecule has 39 heavy (non-hydrogen) atoms. The Morgan fingerprint density at radius 2 is 1.82 bits per heavy atom. The van der Waals surface area contributed by atoms with Crippen molar-refractivity contribution in [3.63, 3.8) is 0 Å². The van der Waals surface area contributed by atoms with E-state index in [4.69, 9.17) is 28.9 Å². The fourth-order valence-corrected chi connectivity index (χ4v) is 5.25. The molecule has 0 atom stereocenters. The van der Waals surface area contributed by atoms with Crippen LogP contribution < -0.4 is 14.4 Å². The van der Waals surface area contributed by atoms with Gasteiger partial charge >= 0.3 is 0 Å². The summed E-state index contributed by atoms with van der Waals surface area (Å²) in [4.78, 5) is 16.6. The SMILES string of the molecule is COc1cc(Cc2nc3c(c(-c4ccc(OC5CCOCC5)c(C#N)c4)n2)N=CC3)ccc1N1CCOCC1. The number of aromatic nitrogens is 2. The van der Waals surface area contributed by atoms with Crippen LogP contribution in [0, 0.1) is 11.3 Å². The number of benzene rings is 2. The monoisotopic (exact) mass is 525 g/mol. The van der Waals surface area contributed by atoms with Gasteiger partial charge in [0.15, 0.2) is 0 Å². The lowest BCUT2D eigenvalue weighted by Crippen LogP contribution is -2.36. The molecule has 9 nitrogen and oxygen atoms in total. The van der Waals surface area contributed by atoms with Gasteiger partial charge in [0.2, 0.25) is 0 Å². The molecule has 0 spiro atoms. The van der Waals surface area contributed by atoms with Crippen molar-refractivity contribution < 1.29 is 18.9 Å². The lowest BCUT2D eigenvalue weighted by Gasteiger charge is -2.30. The minimum absolute atomic E-state index is 0.0582. The molecule has 2 aromatic carbocycles. The Balaban J connectivity index is 1.28. The van der Waals surface area contributed by atoms with Gasteiger partial charge in [-0.2, -0.15) is 5.26 Å². The Morgan fingerprint density at radius 1 is 1.00 bits per heavy atom. The molecule has 0 radical (unpaired) electrons. The molecular formula is C30H31N5O4. The van der Waals surface area contributed by atoms with Crippen molar-refractivity contribution in [1.82, 2.24) is 9.97 Å². The molecule has 0 saturated carbocycles. The average molecular weight is 526 g/mol. The van der Waals surface area contributed by atoms with Gasteiger partial charge in [0.1, 0.15) is 35.2 Å². The molecule has 0 amide bonds. The third-order valence-corrected chi connectivity index (χ3v) is 7.30. The van der Waals surface area contributed by atoms with E-state index < -0.39 is 0 Å². The van der Waals surface area contributed by atoms with Crippen molar-refractivity contribution in [3.05, 3.63) is 59.0 Å². The summed E-state index contributed by atoms with van der Waals surface area (Å²) < 4.78 is 22.8. The number of nitrogens with zero attached hydrogens (tertiary/aromatic N) is 5. The van der Waals surface area contributed by atoms with E-state index in [1.54, 1.807) is 7.11 Å². The van der Waals surface area contributed by atoms with Crippen molar-refractivity contribution >= 4 is 17.6 Å². The molecule has 0 aliphatic carbocycles. The first-order valence-corrected chi connectivity index (χ1v) is 13.4. The zero-order valence-electron chi connectivity index (χ0n) is 22.1. The Hall–Kier alpha value is -4.00. The number of rotatable bonds is 7. The van der Waals surface area contributed by atoms with Crippen LogP contribution in [0.1, 0.15) is 35.5 Å². The fourth-order valence-electron chi connectivity index (χ4n) is 5.25. The number of fused-ring (bicyclic) bond motifs is 1. The lowest BCUT2D eigenvalue weighted by atomic mass is 10.0. The second-order valence-corrected chi connectivity index (χ2v) is 9.83. The average Bonchev–Trinajstić information content (AvgIpc) is 3.47. The van der Waals surface area contributed by atoms with Crippen molar-refractivity contribution in [2.24, 2.45) is 4.99 Å². The highest BCUT2D eigenvalue weighted by atomic mass is 16.5. The molecular weight excluding hydrogens is 494 g/mol. The Bertz CT molecular complexity index is 1420. The number of hydrogen-bond donors (Lipinski definition) is 0. The van der Waals surface area contributed by atoms with Crippen molar-refractivity contribution in [1.29, 1.82) is 5.26 Å². The van der Waals surface area contributed by atoms with Crippen LogP contribution in [0.15, 0.2) is 41.4 Å². The van der Waals surface area contributed by atoms with E-state index in [9.17, 15) is 5.26 Å². The number of aliphatic imine (C=N–C) groups is 1. The minimum atomic E-state index is 0.0582. The Morgan fingerprint density at radius 3 is 2.62 bits per heavy atom. The molecule has 2 fully saturated rings. The predicted molar refractivity (Wildman–Crippen MR) is 147 cm³/mol. The molecule has 3 aromatic rings. The fraction of sp³-hybridized carbons (Fsp3) is 0.400. The van der Waals surface area contributed by atoms with Crippen LogP contribution in [0.2, 0.25) is 0 Å². The minimum Gasteiger partial charge on any atom is -0.495 e. The van der Waals surface area contributed by atoms with Gasteiger partial charge in [0.25, 0.3) is 0 Å². The first-order valence-electron chi connectivity index (χ1n) is 13.4. The molecule has 200 valence electrons. The Labute approximate surface area is 228 Å². The zero-order valence-corrected chi connectivity index (χ0v) is 22.1. The van der Waals surface area contributed by atoms with Crippen LogP contribution >= 0.6 is 0 Å². The number of anilines is 1. The highest BCUT2D eigenvalue weighted by molar-refractivity contribution is 5.84. The number of ether oxygens (including phenoxy) is 4. The quantitative estimate of drug-likeness (QED) is 0.451. The van der Waals surface area contributed by atoms with Crippen LogP contribution in [0.3, 0.4) is 0 Å². The van der Waals surface area contributed by atoms with Crippen molar-refractivity contribution in [2.45, 2.75) is 31.8 Å². The second kappa shape index (κ2) is 11.4. The molecule has 9 heteroatoms. The number of methoxy groups -OCH3 is 1. The summed E-state index contributed by atoms with van der Waals surface area (Å²) in [6.45, 7) is 4.48. The van der Waals surface area contributed by atoms with E-state index in [0.29, 0.717) is 43.2 Å². The van der Waals surface area contributed by atoms with Crippen LogP contribution in [-0.4, -0.2) is 68.9 Å². The van der Waals surface area contributed by atoms with Crippen LogP contribution in [-0.2, 0) is 22.3 Å². The number of nitriles is 1. The van der Waals surface area contributed by atoms with E-state index in [0.717, 1.165) is 78.8 Å². The maximum absolute atomic E-state index is 9.89. The number of hydrogen-bond acceptors (Lipinski definition) is 9. The third kappa shape index (κ3) is 5.44. The van der Waals surface area contributed by atoms with Crippen LogP contribution in [0.25, 0.3) is 11.3 Å². The summed E-state index contributed by atoms with van der Waals surface area (Å²) in [6.07, 6.45) is 4.77. The highest BCUT2D eigenvalue weighted by Gasteiger charge is 2.22. The molecule has 3 aliphatic rings. The maximum Gasteiger partial charge on any atom is 0.142 e. The molecule has 3 aliphatic heterocycles. The summed E-state index contributed by atoms with van der Waals surface area (Å²) in [5.74, 6) is 2.13. The molecule has 0 bridgehead atoms. The van der Waals surface area contributed by atoms with E-state index in [1.165, 1.54) is 0 Å². The van der Waals surface area contributed by atoms with E-state index in [2.05, 4.69) is 34.2 Å². The largest absolute Gasteiger partial charge is 0.495 e. The maximum atomic E-state index is 9.89. The van der Waals surface area contributed by atoms with Crippen molar-refractivity contribution in [2.75, 3.05) is 51.5 Å². The van der Waals surface area contributed by atoms with Gasteiger partial charge in [-0.3, -0.25) is 4.99 Å². The smallest absolute Gasteiger partial charge is 0.142 e. The van der Waals surface area contributed by atoms with Gasteiger partial charge in [-0.15, -0.1) is 0 Å². The summed E-state index contributed by atoms with van der Waals surface area (Å²) in [6, 6.07) is 14.2. The van der Waals surface area contributed by atoms with Gasteiger partial charge in [-0.25, -0.2) is 9.97 Å². The molecule has 6 rings (SSSR count). The second-order valence-electron chi connectivity index (χ2n) is 9.83. The van der Waals surface area contributed by atoms with Crippen molar-refractivity contribution in [3.8, 4) is 28.8 Å². The van der Waals surface area contributed by atoms with E-state index >= 15 is 0 Å². The summed E-state index contributed by atoms with van der Waals surface area (Å²) in [5, 5.41) is 9.89. The summed E-state index contributed by atoms with van der Waals surface area (Å²) >= 11 is 0. The van der Waals surface area contributed by atoms with Gasteiger partial charge < -0.3 is 23.8 Å². The zero-order chi connectivity index (χ0) is 26.6. The first-order chi connectivity index (χ1) is 19.2. The molecule has 0 N–H and O–H groups in total. The lowest BCUT2D eigenvalue weighted by molar-refractivity contribution is 0.0254. The van der Waals surface area contributed by atoms with E-state index in [1.807, 2.05) is 24.4 Å². The molecule has 1 aromatic heterocycles. The third-order valence-electron chi connectivity index (χ3n) is 7.30. The molecule has 2 saturated heterocycles. The summed E-state index contributed by atoms with van der Waals surface area (Å²) in [7, 11) is 1.70. The van der Waals surface area contributed by atoms with Crippen LogP contribution in [0.4, 0.5) is 11.4 Å². The number of morpholine rings is 1. The molecule has 4 heterocycles. The normalized spacial score (nSPS) is 17.1. The topological polar surface area (TPSA) is 102 Å². The summed E-state index contributed by atoms with van der Waals surface area (Å²) in [5.41, 5.74) is 5.83. The van der Waals surface area contributed by atoms with Gasteiger partial charge in [0, 0.05) is 50.6 Å². The first kappa shape index (κ1) is 25.3. The van der Waals surface area contributed by atoms with Gasteiger partial charge in [-0.1, -0.05) is 6.07 Å². The predicted octanol–water partition coefficient (Wildman–Crippen LogP) is 4.27.